The van der Waals surface area contributed by atoms with Crippen LogP contribution in [0.2, 0.25) is 0 Å². The summed E-state index contributed by atoms with van der Waals surface area (Å²) in [5.74, 6) is -0.333. The molecule has 3 aromatic rings. The molecular weight excluding hydrogens is 368 g/mol. The first kappa shape index (κ1) is 21.6. The van der Waals surface area contributed by atoms with Crippen LogP contribution >= 0.6 is 13.5 Å². The lowest BCUT2D eigenvalue weighted by molar-refractivity contribution is 0.00683. The van der Waals surface area contributed by atoms with Crippen molar-refractivity contribution in [2.45, 2.75) is 33.3 Å². The Labute approximate surface area is 173 Å². The number of ether oxygens (including phenoxy) is 1. The van der Waals surface area contributed by atoms with Gasteiger partial charge in [-0.2, -0.15) is 13.5 Å². The highest BCUT2D eigenvalue weighted by Crippen LogP contribution is 2.39. The van der Waals surface area contributed by atoms with E-state index in [2.05, 4.69) is 0 Å². The molecule has 28 heavy (non-hydrogen) atoms. The van der Waals surface area contributed by atoms with E-state index in [-0.39, 0.29) is 19.2 Å². The zero-order valence-electron chi connectivity index (χ0n) is 16.6. The van der Waals surface area contributed by atoms with Gasteiger partial charge in [0.15, 0.2) is 0 Å². The van der Waals surface area contributed by atoms with Gasteiger partial charge in [0.25, 0.3) is 0 Å². The van der Waals surface area contributed by atoms with Crippen LogP contribution < -0.4 is 0 Å². The molecule has 0 unspecified atom stereocenters. The number of rotatable bonds is 3. The van der Waals surface area contributed by atoms with Crippen molar-refractivity contribution in [2.75, 3.05) is 0 Å². The normalized spacial score (nSPS) is 10.9. The SMILES string of the molecule is Cc1c(C(=O)OC(C)(C)C)ccc(-c2ccccc2-c2ccccc2)c1O.S. The maximum absolute atomic E-state index is 12.4. The molecule has 3 nitrogen and oxygen atoms in total. The minimum Gasteiger partial charge on any atom is -0.507 e. The van der Waals surface area contributed by atoms with Gasteiger partial charge in [-0.05, 0) is 56.5 Å². The molecule has 3 rings (SSSR count). The summed E-state index contributed by atoms with van der Waals surface area (Å²) in [6.45, 7) is 7.21. The molecule has 0 aliphatic rings. The topological polar surface area (TPSA) is 46.5 Å². The lowest BCUT2D eigenvalue weighted by Crippen LogP contribution is -2.24. The summed E-state index contributed by atoms with van der Waals surface area (Å²) in [6, 6.07) is 21.5. The summed E-state index contributed by atoms with van der Waals surface area (Å²) in [4.78, 5) is 12.4. The number of aromatic hydroxyl groups is 1. The molecule has 0 saturated heterocycles. The third-order valence-corrected chi connectivity index (χ3v) is 4.35. The Balaban J connectivity index is 0.00000280. The summed E-state index contributed by atoms with van der Waals surface area (Å²) in [6.07, 6.45) is 0. The molecule has 0 spiro atoms. The van der Waals surface area contributed by atoms with Crippen LogP contribution in [0.5, 0.6) is 5.75 Å². The van der Waals surface area contributed by atoms with Crippen LogP contribution in [-0.2, 0) is 4.74 Å². The second kappa shape index (κ2) is 8.53. The van der Waals surface area contributed by atoms with E-state index in [4.69, 9.17) is 4.74 Å². The van der Waals surface area contributed by atoms with E-state index in [1.54, 1.807) is 19.1 Å². The monoisotopic (exact) mass is 394 g/mol. The number of phenols is 1. The number of carbonyl (C=O) groups excluding carboxylic acids is 1. The predicted octanol–water partition coefficient (Wildman–Crippen LogP) is 6.10. The average molecular weight is 395 g/mol. The Hall–Kier alpha value is -2.72. The van der Waals surface area contributed by atoms with Gasteiger partial charge in [-0.1, -0.05) is 54.6 Å². The molecule has 0 amide bonds. The highest BCUT2D eigenvalue weighted by Gasteiger charge is 2.22. The van der Waals surface area contributed by atoms with Gasteiger partial charge in [-0.25, -0.2) is 4.79 Å². The number of benzene rings is 3. The van der Waals surface area contributed by atoms with E-state index < -0.39 is 11.6 Å². The Morgan fingerprint density at radius 1 is 0.821 bits per heavy atom. The first-order valence-corrected chi connectivity index (χ1v) is 8.98. The van der Waals surface area contributed by atoms with E-state index in [9.17, 15) is 9.90 Å². The summed E-state index contributed by atoms with van der Waals surface area (Å²) >= 11 is 0. The van der Waals surface area contributed by atoms with E-state index in [1.165, 1.54) is 0 Å². The minimum atomic E-state index is -0.586. The van der Waals surface area contributed by atoms with Gasteiger partial charge in [-0.15, -0.1) is 0 Å². The van der Waals surface area contributed by atoms with Crippen LogP contribution in [-0.4, -0.2) is 16.7 Å². The smallest absolute Gasteiger partial charge is 0.339 e. The zero-order chi connectivity index (χ0) is 19.6. The number of hydrogen-bond donors (Lipinski definition) is 1. The van der Waals surface area contributed by atoms with Gasteiger partial charge < -0.3 is 9.84 Å². The van der Waals surface area contributed by atoms with E-state index in [0.717, 1.165) is 16.7 Å². The highest BCUT2D eigenvalue weighted by atomic mass is 32.1. The first-order valence-electron chi connectivity index (χ1n) is 8.98. The lowest BCUT2D eigenvalue weighted by atomic mass is 9.92. The van der Waals surface area contributed by atoms with Gasteiger partial charge >= 0.3 is 5.97 Å². The quantitative estimate of drug-likeness (QED) is 0.546. The molecule has 0 aromatic heterocycles. The predicted molar refractivity (Wildman–Crippen MR) is 119 cm³/mol. The molecule has 0 fully saturated rings. The third kappa shape index (κ3) is 4.57. The number of esters is 1. The molecule has 0 bridgehead atoms. The van der Waals surface area contributed by atoms with Crippen molar-refractivity contribution in [1.29, 1.82) is 0 Å². The Bertz CT molecular complexity index is 973. The van der Waals surface area contributed by atoms with Crippen molar-refractivity contribution in [1.82, 2.24) is 0 Å². The fraction of sp³-hybridized carbons (Fsp3) is 0.208. The van der Waals surface area contributed by atoms with E-state index >= 15 is 0 Å². The van der Waals surface area contributed by atoms with Crippen molar-refractivity contribution < 1.29 is 14.6 Å². The number of carbonyl (C=O) groups is 1. The lowest BCUT2D eigenvalue weighted by Gasteiger charge is -2.21. The number of hydrogen-bond acceptors (Lipinski definition) is 3. The summed E-state index contributed by atoms with van der Waals surface area (Å²) in [5.41, 5.74) is 4.02. The maximum atomic E-state index is 12.4. The summed E-state index contributed by atoms with van der Waals surface area (Å²) in [5, 5.41) is 10.8. The van der Waals surface area contributed by atoms with Crippen molar-refractivity contribution in [3.8, 4) is 28.0 Å². The fourth-order valence-electron chi connectivity index (χ4n) is 3.06. The summed E-state index contributed by atoms with van der Waals surface area (Å²) in [7, 11) is 0. The van der Waals surface area contributed by atoms with Crippen LogP contribution in [0.1, 0.15) is 36.7 Å². The van der Waals surface area contributed by atoms with Crippen LogP contribution in [0.15, 0.2) is 66.7 Å². The molecule has 3 aromatic carbocycles. The standard InChI is InChI=1S/C24H24O3.H2S/c1-16-18(23(26)27-24(2,3)4)14-15-21(22(16)25)20-13-9-8-12-19(20)17-10-6-5-7-11-17;/h5-15,25H,1-4H3;1H2. The van der Waals surface area contributed by atoms with Crippen molar-refractivity contribution in [2.24, 2.45) is 0 Å². The molecular formula is C24H26O3S. The Morgan fingerprint density at radius 2 is 1.39 bits per heavy atom. The Morgan fingerprint density at radius 3 is 2.00 bits per heavy atom. The van der Waals surface area contributed by atoms with Crippen molar-refractivity contribution >= 4 is 19.5 Å². The van der Waals surface area contributed by atoms with Gasteiger partial charge in [-0.3, -0.25) is 0 Å². The summed E-state index contributed by atoms with van der Waals surface area (Å²) < 4.78 is 5.45. The molecule has 0 heterocycles. The van der Waals surface area contributed by atoms with E-state index in [0.29, 0.717) is 16.7 Å². The maximum Gasteiger partial charge on any atom is 0.339 e. The second-order valence-corrected chi connectivity index (χ2v) is 7.55. The third-order valence-electron chi connectivity index (χ3n) is 4.35. The first-order chi connectivity index (χ1) is 12.8. The zero-order valence-corrected chi connectivity index (χ0v) is 17.6. The molecule has 0 aliphatic carbocycles. The molecule has 146 valence electrons. The molecule has 0 atom stereocenters. The molecule has 4 heteroatoms. The fourth-order valence-corrected chi connectivity index (χ4v) is 3.06. The van der Waals surface area contributed by atoms with Crippen LogP contribution in [0.3, 0.4) is 0 Å². The second-order valence-electron chi connectivity index (χ2n) is 7.55. The van der Waals surface area contributed by atoms with Crippen LogP contribution in [0.4, 0.5) is 0 Å². The van der Waals surface area contributed by atoms with Gasteiger partial charge in [0.2, 0.25) is 0 Å². The van der Waals surface area contributed by atoms with Crippen molar-refractivity contribution in [3.63, 3.8) is 0 Å². The minimum absolute atomic E-state index is 0. The molecule has 0 aliphatic heterocycles. The van der Waals surface area contributed by atoms with Crippen LogP contribution in [0.25, 0.3) is 22.3 Å². The van der Waals surface area contributed by atoms with Gasteiger partial charge in [0.05, 0.1) is 5.56 Å². The van der Waals surface area contributed by atoms with Crippen molar-refractivity contribution in [3.05, 3.63) is 77.9 Å². The molecule has 0 saturated carbocycles. The highest BCUT2D eigenvalue weighted by molar-refractivity contribution is 7.59. The molecule has 0 radical (unpaired) electrons. The van der Waals surface area contributed by atoms with Crippen LogP contribution in [0, 0.1) is 6.92 Å². The molecule has 1 N–H and O–H groups in total. The average Bonchev–Trinajstić information content (AvgIpc) is 2.63. The Kier molecular flexibility index (Phi) is 6.57. The number of phenolic OH excluding ortho intramolecular Hbond substituents is 1. The van der Waals surface area contributed by atoms with E-state index in [1.807, 2.05) is 75.4 Å². The largest absolute Gasteiger partial charge is 0.507 e. The van der Waals surface area contributed by atoms with Gasteiger partial charge in [0, 0.05) is 11.1 Å². The van der Waals surface area contributed by atoms with Gasteiger partial charge in [0.1, 0.15) is 11.4 Å².